The summed E-state index contributed by atoms with van der Waals surface area (Å²) in [6.07, 6.45) is -3.64. The van der Waals surface area contributed by atoms with Gasteiger partial charge in [0.1, 0.15) is 5.60 Å². The van der Waals surface area contributed by atoms with Gasteiger partial charge in [-0.3, -0.25) is 9.69 Å². The van der Waals surface area contributed by atoms with Gasteiger partial charge in [0.15, 0.2) is 5.82 Å². The SMILES string of the molecule is CC(C)c1ccc(C(O)(c2cnnc(N3CC(C(F)(F)F)CC3=O)c2)C2(C)CN(C)C2)cc1. The number of benzene rings is 1. The quantitative estimate of drug-likeness (QED) is 0.734. The van der Waals surface area contributed by atoms with E-state index in [9.17, 15) is 23.1 Å². The molecule has 0 spiro atoms. The molecule has 2 saturated heterocycles. The summed E-state index contributed by atoms with van der Waals surface area (Å²) in [5.41, 5.74) is 0.175. The predicted octanol–water partition coefficient (Wildman–Crippen LogP) is 3.70. The highest BCUT2D eigenvalue weighted by atomic mass is 19.4. The van der Waals surface area contributed by atoms with Crippen LogP contribution in [0.2, 0.25) is 0 Å². The van der Waals surface area contributed by atoms with Gasteiger partial charge in [-0.1, -0.05) is 45.0 Å². The molecule has 2 aliphatic rings. The van der Waals surface area contributed by atoms with Crippen LogP contribution in [0.5, 0.6) is 0 Å². The highest BCUT2D eigenvalue weighted by Gasteiger charge is 2.56. The van der Waals surface area contributed by atoms with Gasteiger partial charge in [-0.15, -0.1) is 5.10 Å². The van der Waals surface area contributed by atoms with Gasteiger partial charge >= 0.3 is 6.18 Å². The van der Waals surface area contributed by atoms with Crippen molar-refractivity contribution in [3.05, 3.63) is 53.2 Å². The van der Waals surface area contributed by atoms with Crippen LogP contribution in [-0.4, -0.2) is 59.0 Å². The average Bonchev–Trinajstić information content (AvgIpc) is 3.14. The number of amides is 1. The van der Waals surface area contributed by atoms with E-state index >= 15 is 0 Å². The van der Waals surface area contributed by atoms with Crippen molar-refractivity contribution in [1.82, 2.24) is 15.1 Å². The number of hydrogen-bond acceptors (Lipinski definition) is 5. The van der Waals surface area contributed by atoms with Gasteiger partial charge in [0.25, 0.3) is 0 Å². The van der Waals surface area contributed by atoms with Gasteiger partial charge in [-0.25, -0.2) is 0 Å². The maximum Gasteiger partial charge on any atom is 0.394 e. The first kappa shape index (κ1) is 23.6. The Labute approximate surface area is 191 Å². The Morgan fingerprint density at radius 2 is 1.79 bits per heavy atom. The molecule has 4 rings (SSSR count). The van der Waals surface area contributed by atoms with Crippen LogP contribution in [0.15, 0.2) is 36.5 Å². The highest BCUT2D eigenvalue weighted by Crippen LogP contribution is 2.50. The summed E-state index contributed by atoms with van der Waals surface area (Å²) in [4.78, 5) is 15.5. The molecule has 0 bridgehead atoms. The van der Waals surface area contributed by atoms with Crippen LogP contribution in [-0.2, 0) is 10.4 Å². The second kappa shape index (κ2) is 8.06. The standard InChI is InChI=1S/C24H29F3N4O2/c1-15(2)16-5-7-17(8-6-16)23(33,22(3)13-30(4)14-22)18-9-20(29-28-11-18)31-12-19(10-21(31)32)24(25,26)27/h5-9,11,15,19,33H,10,12-14H2,1-4H3. The fourth-order valence-electron chi connectivity index (χ4n) is 5.18. The Balaban J connectivity index is 1.76. The molecule has 3 heterocycles. The number of hydrogen-bond donors (Lipinski definition) is 1. The molecular weight excluding hydrogens is 433 g/mol. The van der Waals surface area contributed by atoms with Crippen molar-refractivity contribution in [2.75, 3.05) is 31.6 Å². The van der Waals surface area contributed by atoms with Crippen molar-refractivity contribution >= 4 is 11.7 Å². The van der Waals surface area contributed by atoms with Crippen molar-refractivity contribution in [3.63, 3.8) is 0 Å². The zero-order chi connectivity index (χ0) is 24.2. The molecule has 2 unspecified atom stereocenters. The van der Waals surface area contributed by atoms with E-state index in [0.29, 0.717) is 30.1 Å². The predicted molar refractivity (Wildman–Crippen MR) is 118 cm³/mol. The van der Waals surface area contributed by atoms with E-state index in [1.165, 1.54) is 12.3 Å². The van der Waals surface area contributed by atoms with Gasteiger partial charge in [0.2, 0.25) is 5.91 Å². The molecule has 1 aromatic heterocycles. The topological polar surface area (TPSA) is 69.6 Å². The zero-order valence-corrected chi connectivity index (χ0v) is 19.2. The number of halogens is 3. The number of carbonyl (C=O) groups is 1. The van der Waals surface area contributed by atoms with Gasteiger partial charge < -0.3 is 10.0 Å². The molecule has 0 saturated carbocycles. The first-order chi connectivity index (χ1) is 15.3. The molecule has 1 N–H and O–H groups in total. The third kappa shape index (κ3) is 4.01. The lowest BCUT2D eigenvalue weighted by molar-refractivity contribution is -0.169. The molecular formula is C24H29F3N4O2. The molecule has 9 heteroatoms. The number of anilines is 1. The molecule has 2 aromatic rings. The van der Waals surface area contributed by atoms with Crippen LogP contribution in [0.1, 0.15) is 49.8 Å². The molecule has 0 radical (unpaired) electrons. The van der Waals surface area contributed by atoms with E-state index in [-0.39, 0.29) is 5.82 Å². The largest absolute Gasteiger partial charge is 0.394 e. The number of likely N-dealkylation sites (tertiary alicyclic amines) is 1. The lowest BCUT2D eigenvalue weighted by Gasteiger charge is -2.55. The Bertz CT molecular complexity index is 1030. The first-order valence-electron chi connectivity index (χ1n) is 11.1. The first-order valence-corrected chi connectivity index (χ1v) is 11.1. The summed E-state index contributed by atoms with van der Waals surface area (Å²) < 4.78 is 39.6. The van der Waals surface area contributed by atoms with Crippen LogP contribution in [0, 0.1) is 11.3 Å². The molecule has 1 aromatic carbocycles. The zero-order valence-electron chi connectivity index (χ0n) is 19.2. The van der Waals surface area contributed by atoms with Crippen LogP contribution in [0.4, 0.5) is 19.0 Å². The summed E-state index contributed by atoms with van der Waals surface area (Å²) >= 11 is 0. The van der Waals surface area contributed by atoms with Crippen LogP contribution in [0.25, 0.3) is 0 Å². The van der Waals surface area contributed by atoms with E-state index in [1.54, 1.807) is 0 Å². The molecule has 2 atom stereocenters. The lowest BCUT2D eigenvalue weighted by atomic mass is 9.62. The molecule has 0 aliphatic carbocycles. The summed E-state index contributed by atoms with van der Waals surface area (Å²) in [6, 6.07) is 9.23. The molecule has 2 aliphatic heterocycles. The third-order valence-corrected chi connectivity index (χ3v) is 7.03. The van der Waals surface area contributed by atoms with E-state index < -0.39 is 42.0 Å². The normalized spacial score (nSPS) is 23.0. The monoisotopic (exact) mass is 462 g/mol. The number of nitrogens with zero attached hydrogens (tertiary/aromatic N) is 4. The number of aromatic nitrogens is 2. The van der Waals surface area contributed by atoms with Gasteiger partial charge in [0, 0.05) is 37.0 Å². The van der Waals surface area contributed by atoms with E-state index in [4.69, 9.17) is 0 Å². The Hall–Kier alpha value is -2.52. The fraction of sp³-hybridized carbons (Fsp3) is 0.542. The number of alkyl halides is 3. The van der Waals surface area contributed by atoms with Gasteiger partial charge in [-0.2, -0.15) is 18.3 Å². The number of aliphatic hydroxyl groups is 1. The highest BCUT2D eigenvalue weighted by molar-refractivity contribution is 5.95. The second-order valence-corrected chi connectivity index (χ2v) is 9.97. The smallest absolute Gasteiger partial charge is 0.380 e. The van der Waals surface area contributed by atoms with Crippen LogP contribution >= 0.6 is 0 Å². The van der Waals surface area contributed by atoms with Crippen molar-refractivity contribution < 1.29 is 23.1 Å². The lowest BCUT2D eigenvalue weighted by Crippen LogP contribution is -2.63. The maximum absolute atomic E-state index is 13.2. The van der Waals surface area contributed by atoms with Gasteiger partial charge in [0.05, 0.1) is 12.1 Å². The Kier molecular flexibility index (Phi) is 5.77. The van der Waals surface area contributed by atoms with Crippen LogP contribution in [0.3, 0.4) is 0 Å². The van der Waals surface area contributed by atoms with Crippen molar-refractivity contribution in [1.29, 1.82) is 0 Å². The van der Waals surface area contributed by atoms with E-state index in [2.05, 4.69) is 28.9 Å². The third-order valence-electron chi connectivity index (χ3n) is 7.03. The summed E-state index contributed by atoms with van der Waals surface area (Å²) in [6.45, 7) is 6.89. The van der Waals surface area contributed by atoms with Crippen molar-refractivity contribution in [3.8, 4) is 0 Å². The minimum atomic E-state index is -4.46. The summed E-state index contributed by atoms with van der Waals surface area (Å²) in [7, 11) is 1.96. The molecule has 2 fully saturated rings. The fourth-order valence-corrected chi connectivity index (χ4v) is 5.18. The molecule has 1 amide bonds. The number of carbonyl (C=O) groups excluding carboxylic acids is 1. The summed E-state index contributed by atoms with van der Waals surface area (Å²) in [5.74, 6) is -2.04. The average molecular weight is 463 g/mol. The van der Waals surface area contributed by atoms with Gasteiger partial charge in [-0.05, 0) is 30.2 Å². The van der Waals surface area contributed by atoms with Crippen LogP contribution < -0.4 is 4.90 Å². The molecule has 33 heavy (non-hydrogen) atoms. The minimum Gasteiger partial charge on any atom is -0.380 e. The van der Waals surface area contributed by atoms with Crippen molar-refractivity contribution in [2.24, 2.45) is 11.3 Å². The minimum absolute atomic E-state index is 0.0257. The van der Waals surface area contributed by atoms with E-state index in [1.807, 2.05) is 38.2 Å². The number of rotatable bonds is 5. The van der Waals surface area contributed by atoms with Crippen molar-refractivity contribution in [2.45, 2.75) is 44.9 Å². The summed E-state index contributed by atoms with van der Waals surface area (Å²) in [5, 5.41) is 20.1. The Morgan fingerprint density at radius 1 is 1.15 bits per heavy atom. The molecule has 178 valence electrons. The second-order valence-electron chi connectivity index (χ2n) is 9.97. The van der Waals surface area contributed by atoms with E-state index in [0.717, 1.165) is 10.5 Å². The Morgan fingerprint density at radius 3 is 2.30 bits per heavy atom. The molecule has 6 nitrogen and oxygen atoms in total. The maximum atomic E-state index is 13.2.